The third kappa shape index (κ3) is 6.47. The molecular weight excluding hydrogens is 449 g/mol. The highest BCUT2D eigenvalue weighted by Crippen LogP contribution is 2.19. The summed E-state index contributed by atoms with van der Waals surface area (Å²) in [5, 5.41) is 6.01. The zero-order valence-corrected chi connectivity index (χ0v) is 18.4. The van der Waals surface area contributed by atoms with Crippen LogP contribution < -0.4 is 15.5 Å². The maximum atomic E-state index is 13.2. The number of ether oxygens (including phenoxy) is 1. The number of benzene rings is 3. The summed E-state index contributed by atoms with van der Waals surface area (Å²) < 4.78 is 18.5. The number of carbonyl (C=O) groups is 3. The number of carbonyl (C=O) groups excluding carboxylic acids is 3. The van der Waals surface area contributed by atoms with Gasteiger partial charge in [0.05, 0.1) is 16.3 Å². The number of rotatable bonds is 5. The summed E-state index contributed by atoms with van der Waals surface area (Å²) in [6.45, 7) is 3.55. The molecule has 0 fully saturated rings. The molecule has 0 heterocycles. The number of anilines is 1. The molecule has 3 aromatic rings. The largest absolute Gasteiger partial charge is 0.423 e. The van der Waals surface area contributed by atoms with Gasteiger partial charge in [-0.15, -0.1) is 0 Å². The van der Waals surface area contributed by atoms with Gasteiger partial charge in [-0.25, -0.2) is 14.6 Å². The van der Waals surface area contributed by atoms with Gasteiger partial charge in [0.15, 0.2) is 0 Å². The first-order valence-electron chi connectivity index (χ1n) is 9.73. The van der Waals surface area contributed by atoms with Gasteiger partial charge in [-0.2, -0.15) is 5.10 Å². The van der Waals surface area contributed by atoms with Crippen LogP contribution in [0, 0.1) is 12.7 Å². The topological polar surface area (TPSA) is 96.9 Å². The molecule has 2 N–H and O–H groups in total. The van der Waals surface area contributed by atoms with Crippen molar-refractivity contribution in [2.75, 3.05) is 5.32 Å². The summed E-state index contributed by atoms with van der Waals surface area (Å²) in [5.41, 5.74) is 4.83. The average Bonchev–Trinajstić information content (AvgIpc) is 2.80. The van der Waals surface area contributed by atoms with Crippen molar-refractivity contribution in [3.05, 3.63) is 94.3 Å². The van der Waals surface area contributed by atoms with E-state index in [4.69, 9.17) is 16.3 Å². The standard InChI is InChI=1S/C24H19ClFN3O4/c1-14-3-5-17(6-4-14)24(32)33-19-10-7-16(8-11-19)15(2)28-29-23(31)22(30)27-18-9-12-21(26)20(25)13-18/h3-13H,1-2H3,(H,27,30)(H,29,31)/b28-15+. The van der Waals surface area contributed by atoms with Crippen LogP contribution in [0.25, 0.3) is 0 Å². The van der Waals surface area contributed by atoms with E-state index >= 15 is 0 Å². The van der Waals surface area contributed by atoms with Crippen LogP contribution in [0.3, 0.4) is 0 Å². The first-order chi connectivity index (χ1) is 15.7. The first kappa shape index (κ1) is 23.6. The Morgan fingerprint density at radius 3 is 2.18 bits per heavy atom. The second kappa shape index (κ2) is 10.5. The fourth-order valence-corrected chi connectivity index (χ4v) is 2.81. The van der Waals surface area contributed by atoms with Crippen LogP contribution in [0.5, 0.6) is 5.75 Å². The molecule has 0 aliphatic carbocycles. The van der Waals surface area contributed by atoms with E-state index < -0.39 is 23.6 Å². The molecule has 168 valence electrons. The molecule has 7 nitrogen and oxygen atoms in total. The summed E-state index contributed by atoms with van der Waals surface area (Å²) >= 11 is 5.65. The first-order valence-corrected chi connectivity index (χ1v) is 10.1. The van der Waals surface area contributed by atoms with Gasteiger partial charge in [-0.05, 0) is 74.0 Å². The zero-order valence-electron chi connectivity index (χ0n) is 17.7. The average molecular weight is 468 g/mol. The van der Waals surface area contributed by atoms with Crippen LogP contribution >= 0.6 is 11.6 Å². The molecule has 3 rings (SSSR count). The molecule has 0 saturated carbocycles. The molecule has 0 bridgehead atoms. The minimum atomic E-state index is -1.02. The predicted octanol–water partition coefficient (Wildman–Crippen LogP) is 4.49. The Bertz CT molecular complexity index is 1230. The predicted molar refractivity (Wildman–Crippen MR) is 123 cm³/mol. The van der Waals surface area contributed by atoms with E-state index in [-0.39, 0.29) is 10.7 Å². The van der Waals surface area contributed by atoms with E-state index in [2.05, 4.69) is 15.8 Å². The number of nitrogens with zero attached hydrogens (tertiary/aromatic N) is 1. The van der Waals surface area contributed by atoms with Gasteiger partial charge >= 0.3 is 17.8 Å². The van der Waals surface area contributed by atoms with Crippen molar-refractivity contribution in [2.45, 2.75) is 13.8 Å². The Kier molecular flexibility index (Phi) is 7.53. The number of esters is 1. The van der Waals surface area contributed by atoms with Crippen LogP contribution in [-0.2, 0) is 9.59 Å². The summed E-state index contributed by atoms with van der Waals surface area (Å²) in [7, 11) is 0. The lowest BCUT2D eigenvalue weighted by Gasteiger charge is -2.07. The number of aryl methyl sites for hydroxylation is 1. The smallest absolute Gasteiger partial charge is 0.343 e. The van der Waals surface area contributed by atoms with Crippen LogP contribution in [0.4, 0.5) is 10.1 Å². The highest BCUT2D eigenvalue weighted by molar-refractivity contribution is 6.40. The van der Waals surface area contributed by atoms with Gasteiger partial charge in [0.2, 0.25) is 0 Å². The molecule has 0 saturated heterocycles. The lowest BCUT2D eigenvalue weighted by Crippen LogP contribution is -2.32. The van der Waals surface area contributed by atoms with Crippen LogP contribution in [-0.4, -0.2) is 23.5 Å². The molecule has 0 aliphatic rings. The highest BCUT2D eigenvalue weighted by Gasteiger charge is 2.14. The van der Waals surface area contributed by atoms with E-state index in [1.807, 2.05) is 19.1 Å². The number of halogens is 2. The lowest BCUT2D eigenvalue weighted by atomic mass is 10.1. The number of amides is 2. The van der Waals surface area contributed by atoms with Crippen molar-refractivity contribution >= 4 is 40.8 Å². The van der Waals surface area contributed by atoms with Crippen molar-refractivity contribution < 1.29 is 23.5 Å². The maximum Gasteiger partial charge on any atom is 0.343 e. The Labute approximate surface area is 194 Å². The van der Waals surface area contributed by atoms with Gasteiger partial charge < -0.3 is 10.1 Å². The molecule has 0 atom stereocenters. The molecular formula is C24H19ClFN3O4. The number of hydrogen-bond acceptors (Lipinski definition) is 5. The van der Waals surface area contributed by atoms with Crippen molar-refractivity contribution in [1.82, 2.24) is 5.43 Å². The summed E-state index contributed by atoms with van der Waals surface area (Å²) in [6.07, 6.45) is 0. The van der Waals surface area contributed by atoms with Crippen molar-refractivity contribution in [1.29, 1.82) is 0 Å². The van der Waals surface area contributed by atoms with Crippen LogP contribution in [0.15, 0.2) is 71.8 Å². The lowest BCUT2D eigenvalue weighted by molar-refractivity contribution is -0.136. The molecule has 2 amide bonds. The van der Waals surface area contributed by atoms with E-state index in [1.165, 1.54) is 12.1 Å². The van der Waals surface area contributed by atoms with Crippen LogP contribution in [0.1, 0.15) is 28.4 Å². The fraction of sp³-hybridized carbons (Fsp3) is 0.0833. The summed E-state index contributed by atoms with van der Waals surface area (Å²) in [5.74, 6) is -2.78. The quantitative estimate of drug-likeness (QED) is 0.190. The van der Waals surface area contributed by atoms with Gasteiger partial charge in [0, 0.05) is 5.69 Å². The minimum Gasteiger partial charge on any atom is -0.423 e. The molecule has 3 aromatic carbocycles. The third-order valence-electron chi connectivity index (χ3n) is 4.48. The monoisotopic (exact) mass is 467 g/mol. The second-order valence-electron chi connectivity index (χ2n) is 7.00. The van der Waals surface area contributed by atoms with E-state index in [9.17, 15) is 18.8 Å². The van der Waals surface area contributed by atoms with E-state index in [0.717, 1.165) is 11.6 Å². The SMILES string of the molecule is C/C(=N\NC(=O)C(=O)Nc1ccc(F)c(Cl)c1)c1ccc(OC(=O)c2ccc(C)cc2)cc1. The van der Waals surface area contributed by atoms with Crippen molar-refractivity contribution in [3.63, 3.8) is 0 Å². The number of nitrogens with one attached hydrogen (secondary N) is 2. The number of hydrazone groups is 1. The maximum absolute atomic E-state index is 13.2. The molecule has 33 heavy (non-hydrogen) atoms. The fourth-order valence-electron chi connectivity index (χ4n) is 2.63. The Balaban J connectivity index is 1.56. The summed E-state index contributed by atoms with van der Waals surface area (Å²) in [4.78, 5) is 36.1. The molecule has 0 spiro atoms. The second-order valence-corrected chi connectivity index (χ2v) is 7.41. The van der Waals surface area contributed by atoms with Gasteiger partial charge in [-0.3, -0.25) is 9.59 Å². The molecule has 0 aliphatic heterocycles. The third-order valence-corrected chi connectivity index (χ3v) is 4.77. The summed E-state index contributed by atoms with van der Waals surface area (Å²) in [6, 6.07) is 17.0. The zero-order chi connectivity index (χ0) is 24.0. The Morgan fingerprint density at radius 1 is 0.909 bits per heavy atom. The Hall–Kier alpha value is -4.04. The highest BCUT2D eigenvalue weighted by atomic mass is 35.5. The van der Waals surface area contributed by atoms with E-state index in [0.29, 0.717) is 22.6 Å². The minimum absolute atomic E-state index is 0.165. The molecule has 9 heteroatoms. The van der Waals surface area contributed by atoms with Crippen molar-refractivity contribution in [3.8, 4) is 5.75 Å². The van der Waals surface area contributed by atoms with Gasteiger partial charge in [0.25, 0.3) is 0 Å². The van der Waals surface area contributed by atoms with E-state index in [1.54, 1.807) is 43.3 Å². The van der Waals surface area contributed by atoms with Crippen LogP contribution in [0.2, 0.25) is 5.02 Å². The van der Waals surface area contributed by atoms with Gasteiger partial charge in [0.1, 0.15) is 11.6 Å². The molecule has 0 unspecified atom stereocenters. The number of hydrogen-bond donors (Lipinski definition) is 2. The Morgan fingerprint density at radius 2 is 1.55 bits per heavy atom. The molecule has 0 aromatic heterocycles. The normalized spacial score (nSPS) is 11.0. The molecule has 0 radical (unpaired) electrons. The van der Waals surface area contributed by atoms with Gasteiger partial charge in [-0.1, -0.05) is 29.3 Å². The van der Waals surface area contributed by atoms with Crippen molar-refractivity contribution in [2.24, 2.45) is 5.10 Å².